The average molecular weight is 266 g/mol. The predicted molar refractivity (Wildman–Crippen MR) is 77.8 cm³/mol. The fourth-order valence-corrected chi connectivity index (χ4v) is 5.77. The Balaban J connectivity index is 1.57. The van der Waals surface area contributed by atoms with Crippen LogP contribution < -0.4 is 0 Å². The molecule has 1 aromatic rings. The van der Waals surface area contributed by atoms with E-state index in [0.29, 0.717) is 5.41 Å². The van der Waals surface area contributed by atoms with E-state index >= 15 is 0 Å². The number of rotatable bonds is 3. The van der Waals surface area contributed by atoms with Gasteiger partial charge in [0.05, 0.1) is 17.7 Å². The Bertz CT molecular complexity index is 493. The molecule has 1 aromatic heterocycles. The second-order valence-corrected chi connectivity index (χ2v) is 7.56. The van der Waals surface area contributed by atoms with Gasteiger partial charge in [0.2, 0.25) is 0 Å². The van der Waals surface area contributed by atoms with Crippen LogP contribution in [0, 0.1) is 34.5 Å². The van der Waals surface area contributed by atoms with Gasteiger partial charge in [-0.05, 0) is 80.2 Å². The standard InChI is InChI=1S/C18H22N2/c19-12-16(17-3-1-2-4-20-17)11-18-8-13-5-14(9-18)7-15(6-13)10-18/h1-4,13-16H,5-11H2. The van der Waals surface area contributed by atoms with Crippen molar-refractivity contribution < 1.29 is 0 Å². The summed E-state index contributed by atoms with van der Waals surface area (Å²) >= 11 is 0. The van der Waals surface area contributed by atoms with E-state index < -0.39 is 0 Å². The quantitative estimate of drug-likeness (QED) is 0.818. The highest BCUT2D eigenvalue weighted by molar-refractivity contribution is 5.18. The topological polar surface area (TPSA) is 36.7 Å². The molecule has 1 unspecified atom stereocenters. The van der Waals surface area contributed by atoms with Gasteiger partial charge in [0.1, 0.15) is 0 Å². The normalized spacial score (nSPS) is 39.5. The van der Waals surface area contributed by atoms with Crippen molar-refractivity contribution in [2.24, 2.45) is 23.2 Å². The first-order chi connectivity index (χ1) is 9.76. The van der Waals surface area contributed by atoms with Gasteiger partial charge >= 0.3 is 0 Å². The van der Waals surface area contributed by atoms with Gasteiger partial charge in [-0.3, -0.25) is 4.98 Å². The van der Waals surface area contributed by atoms with Gasteiger partial charge in [-0.2, -0.15) is 5.26 Å². The van der Waals surface area contributed by atoms with Gasteiger partial charge in [0.15, 0.2) is 0 Å². The molecule has 1 heterocycles. The second-order valence-electron chi connectivity index (χ2n) is 7.56. The zero-order chi connectivity index (χ0) is 13.6. The first-order valence-electron chi connectivity index (χ1n) is 8.07. The molecule has 20 heavy (non-hydrogen) atoms. The van der Waals surface area contributed by atoms with Gasteiger partial charge in [-0.1, -0.05) is 6.07 Å². The van der Waals surface area contributed by atoms with E-state index in [4.69, 9.17) is 0 Å². The molecule has 4 saturated carbocycles. The molecule has 4 aliphatic carbocycles. The Labute approximate surface area is 121 Å². The number of aromatic nitrogens is 1. The van der Waals surface area contributed by atoms with E-state index in [0.717, 1.165) is 29.9 Å². The minimum absolute atomic E-state index is 0.00699. The monoisotopic (exact) mass is 266 g/mol. The minimum atomic E-state index is -0.00699. The fraction of sp³-hybridized carbons (Fsp3) is 0.667. The van der Waals surface area contributed by atoms with Crippen molar-refractivity contribution in [3.8, 4) is 6.07 Å². The lowest BCUT2D eigenvalue weighted by molar-refractivity contribution is -0.0587. The average Bonchev–Trinajstić information content (AvgIpc) is 2.44. The van der Waals surface area contributed by atoms with E-state index in [1.54, 1.807) is 0 Å². The van der Waals surface area contributed by atoms with Crippen molar-refractivity contribution in [1.82, 2.24) is 4.98 Å². The van der Waals surface area contributed by atoms with Crippen LogP contribution >= 0.6 is 0 Å². The van der Waals surface area contributed by atoms with E-state index in [1.165, 1.54) is 38.5 Å². The van der Waals surface area contributed by atoms with Crippen LogP contribution in [-0.2, 0) is 0 Å². The second kappa shape index (κ2) is 4.58. The third kappa shape index (κ3) is 2.04. The highest BCUT2D eigenvalue weighted by Crippen LogP contribution is 2.62. The van der Waals surface area contributed by atoms with E-state index in [9.17, 15) is 5.26 Å². The first kappa shape index (κ1) is 12.4. The molecule has 104 valence electrons. The zero-order valence-corrected chi connectivity index (χ0v) is 12.0. The third-order valence-corrected chi connectivity index (χ3v) is 6.00. The molecule has 4 fully saturated rings. The molecule has 4 aliphatic rings. The number of hydrogen-bond acceptors (Lipinski definition) is 2. The van der Waals surface area contributed by atoms with E-state index in [1.807, 2.05) is 24.4 Å². The lowest BCUT2D eigenvalue weighted by Crippen LogP contribution is -2.46. The molecule has 5 rings (SSSR count). The molecule has 2 nitrogen and oxygen atoms in total. The SMILES string of the molecule is N#CC(CC12CC3CC(CC(C3)C1)C2)c1ccccn1. The number of hydrogen-bond donors (Lipinski definition) is 0. The van der Waals surface area contributed by atoms with E-state index in [2.05, 4.69) is 11.1 Å². The van der Waals surface area contributed by atoms with Crippen molar-refractivity contribution in [2.45, 2.75) is 50.9 Å². The Hall–Kier alpha value is -1.36. The lowest BCUT2D eigenvalue weighted by atomic mass is 9.48. The number of nitrogens with zero attached hydrogens (tertiary/aromatic N) is 2. The molecule has 0 spiro atoms. The molecule has 0 aliphatic heterocycles. The fourth-order valence-electron chi connectivity index (χ4n) is 5.77. The molecule has 0 radical (unpaired) electrons. The molecule has 0 amide bonds. The minimum Gasteiger partial charge on any atom is -0.260 e. The largest absolute Gasteiger partial charge is 0.260 e. The van der Waals surface area contributed by atoms with Gasteiger partial charge in [0.25, 0.3) is 0 Å². The number of pyridine rings is 1. The maximum absolute atomic E-state index is 9.59. The Morgan fingerprint density at radius 2 is 1.80 bits per heavy atom. The molecule has 2 heteroatoms. The number of nitriles is 1. The summed E-state index contributed by atoms with van der Waals surface area (Å²) in [7, 11) is 0. The van der Waals surface area contributed by atoms with Crippen molar-refractivity contribution in [3.05, 3.63) is 30.1 Å². The summed E-state index contributed by atoms with van der Waals surface area (Å²) in [6, 6.07) is 8.49. The summed E-state index contributed by atoms with van der Waals surface area (Å²) in [5.74, 6) is 2.88. The lowest BCUT2D eigenvalue weighted by Gasteiger charge is -2.57. The Morgan fingerprint density at radius 1 is 1.15 bits per heavy atom. The summed E-state index contributed by atoms with van der Waals surface area (Å²) in [6.07, 6.45) is 11.4. The van der Waals surface area contributed by atoms with Gasteiger partial charge in [-0.15, -0.1) is 0 Å². The highest BCUT2D eigenvalue weighted by Gasteiger charge is 2.51. The molecule has 4 bridgehead atoms. The summed E-state index contributed by atoms with van der Waals surface area (Å²) < 4.78 is 0. The van der Waals surface area contributed by atoms with Crippen molar-refractivity contribution in [2.75, 3.05) is 0 Å². The van der Waals surface area contributed by atoms with Crippen molar-refractivity contribution in [3.63, 3.8) is 0 Å². The summed E-state index contributed by atoms with van der Waals surface area (Å²) in [6.45, 7) is 0. The van der Waals surface area contributed by atoms with Crippen molar-refractivity contribution >= 4 is 0 Å². The Kier molecular flexibility index (Phi) is 2.84. The highest BCUT2D eigenvalue weighted by atomic mass is 14.7. The first-order valence-corrected chi connectivity index (χ1v) is 8.07. The third-order valence-electron chi connectivity index (χ3n) is 6.00. The summed E-state index contributed by atoms with van der Waals surface area (Å²) in [5.41, 5.74) is 1.44. The van der Waals surface area contributed by atoms with Gasteiger partial charge in [0, 0.05) is 6.20 Å². The van der Waals surface area contributed by atoms with Crippen LogP contribution in [0.4, 0.5) is 0 Å². The van der Waals surface area contributed by atoms with Crippen LogP contribution in [0.5, 0.6) is 0 Å². The maximum atomic E-state index is 9.59. The molecule has 0 N–H and O–H groups in total. The van der Waals surface area contributed by atoms with Gasteiger partial charge in [-0.25, -0.2) is 0 Å². The predicted octanol–water partition coefficient (Wildman–Crippen LogP) is 4.30. The molecule has 0 saturated heterocycles. The zero-order valence-electron chi connectivity index (χ0n) is 12.0. The van der Waals surface area contributed by atoms with Gasteiger partial charge < -0.3 is 0 Å². The molecule has 0 aromatic carbocycles. The van der Waals surface area contributed by atoms with E-state index in [-0.39, 0.29) is 5.92 Å². The van der Waals surface area contributed by atoms with Crippen LogP contribution in [0.2, 0.25) is 0 Å². The summed E-state index contributed by atoms with van der Waals surface area (Å²) in [4.78, 5) is 4.43. The van der Waals surface area contributed by atoms with Crippen molar-refractivity contribution in [1.29, 1.82) is 5.26 Å². The Morgan fingerprint density at radius 3 is 2.30 bits per heavy atom. The molecule has 1 atom stereocenters. The van der Waals surface area contributed by atoms with Crippen LogP contribution in [0.25, 0.3) is 0 Å². The van der Waals surface area contributed by atoms with Crippen LogP contribution in [-0.4, -0.2) is 4.98 Å². The van der Waals surface area contributed by atoms with Crippen LogP contribution in [0.1, 0.15) is 56.6 Å². The summed E-state index contributed by atoms with van der Waals surface area (Å²) in [5, 5.41) is 9.59. The van der Waals surface area contributed by atoms with Crippen LogP contribution in [0.15, 0.2) is 24.4 Å². The maximum Gasteiger partial charge on any atom is 0.0890 e. The smallest absolute Gasteiger partial charge is 0.0890 e. The molecular weight excluding hydrogens is 244 g/mol. The molecular formula is C18H22N2. The van der Waals surface area contributed by atoms with Crippen LogP contribution in [0.3, 0.4) is 0 Å².